The molecule has 2 aliphatic heterocycles. The number of rotatable bonds is 3. The van der Waals surface area contributed by atoms with E-state index >= 15 is 0 Å². The molecule has 3 aliphatic rings. The van der Waals surface area contributed by atoms with Crippen molar-refractivity contribution in [3.8, 4) is 0 Å². The first-order valence-corrected chi connectivity index (χ1v) is 9.32. The molecule has 26 heavy (non-hydrogen) atoms. The Balaban J connectivity index is 1.48. The summed E-state index contributed by atoms with van der Waals surface area (Å²) in [5.74, 6) is -0.567. The van der Waals surface area contributed by atoms with Crippen LogP contribution in [0.1, 0.15) is 43.6 Å². The maximum atomic E-state index is 12.8. The van der Waals surface area contributed by atoms with Crippen LogP contribution >= 0.6 is 0 Å². The van der Waals surface area contributed by atoms with Crippen LogP contribution in [0.2, 0.25) is 0 Å². The molecule has 1 aromatic rings. The van der Waals surface area contributed by atoms with E-state index in [1.807, 2.05) is 42.3 Å². The van der Waals surface area contributed by atoms with E-state index in [4.69, 9.17) is 5.73 Å². The lowest BCUT2D eigenvalue weighted by Crippen LogP contribution is -2.55. The molecule has 0 radical (unpaired) electrons. The van der Waals surface area contributed by atoms with Crippen LogP contribution in [-0.2, 0) is 14.4 Å². The minimum atomic E-state index is -0.950. The quantitative estimate of drug-likeness (QED) is 0.829. The Morgan fingerprint density at radius 3 is 2.23 bits per heavy atom. The molecule has 1 saturated carbocycles. The van der Waals surface area contributed by atoms with E-state index in [1.165, 1.54) is 0 Å². The molecular weight excluding hydrogens is 330 g/mol. The van der Waals surface area contributed by atoms with Gasteiger partial charge in [0, 0.05) is 25.7 Å². The highest BCUT2D eigenvalue weighted by Crippen LogP contribution is 2.49. The molecule has 6 nitrogen and oxygen atoms in total. The number of carbonyl (C=O) groups excluding carboxylic acids is 3. The van der Waals surface area contributed by atoms with E-state index in [0.29, 0.717) is 25.9 Å². The van der Waals surface area contributed by atoms with Crippen molar-refractivity contribution < 1.29 is 14.4 Å². The van der Waals surface area contributed by atoms with Crippen molar-refractivity contribution >= 4 is 17.7 Å². The van der Waals surface area contributed by atoms with Gasteiger partial charge in [0.1, 0.15) is 5.41 Å². The lowest BCUT2D eigenvalue weighted by molar-refractivity contribution is -0.145. The summed E-state index contributed by atoms with van der Waals surface area (Å²) in [5, 5.41) is 0. The number of carbonyl (C=O) groups is 3. The fourth-order valence-electron chi connectivity index (χ4n) is 4.68. The number of nitrogens with zero attached hydrogens (tertiary/aromatic N) is 2. The SMILES string of the molecule is CN1C(=O)C(c2ccccc2)CC12CCN(C(=O)C1(C(N)=O)CC1)CC2. The number of piperidine rings is 1. The Kier molecular flexibility index (Phi) is 3.82. The average Bonchev–Trinajstić information content (AvgIpc) is 3.44. The Hall–Kier alpha value is -2.37. The third-order valence-electron chi connectivity index (χ3n) is 6.74. The second-order valence-electron chi connectivity index (χ2n) is 8.03. The van der Waals surface area contributed by atoms with Gasteiger partial charge < -0.3 is 15.5 Å². The van der Waals surface area contributed by atoms with Crippen LogP contribution in [0.5, 0.6) is 0 Å². The molecule has 0 aromatic heterocycles. The normalized spacial score (nSPS) is 26.2. The molecule has 3 fully saturated rings. The van der Waals surface area contributed by atoms with Gasteiger partial charge in [0.15, 0.2) is 0 Å². The third kappa shape index (κ3) is 2.42. The van der Waals surface area contributed by atoms with Crippen LogP contribution in [-0.4, -0.2) is 53.2 Å². The molecule has 1 spiro atoms. The first-order valence-electron chi connectivity index (χ1n) is 9.32. The molecule has 2 saturated heterocycles. The van der Waals surface area contributed by atoms with E-state index in [-0.39, 0.29) is 23.3 Å². The summed E-state index contributed by atoms with van der Waals surface area (Å²) in [4.78, 5) is 40.8. The molecule has 1 unspecified atom stereocenters. The summed E-state index contributed by atoms with van der Waals surface area (Å²) in [6, 6.07) is 9.91. The van der Waals surface area contributed by atoms with Gasteiger partial charge >= 0.3 is 0 Å². The van der Waals surface area contributed by atoms with Gasteiger partial charge in [-0.3, -0.25) is 14.4 Å². The van der Waals surface area contributed by atoms with E-state index in [9.17, 15) is 14.4 Å². The van der Waals surface area contributed by atoms with E-state index < -0.39 is 11.3 Å². The summed E-state index contributed by atoms with van der Waals surface area (Å²) in [6.07, 6.45) is 3.42. The number of likely N-dealkylation sites (tertiary alicyclic amines) is 2. The summed E-state index contributed by atoms with van der Waals surface area (Å²) in [7, 11) is 1.88. The molecule has 2 N–H and O–H groups in total. The number of primary amides is 1. The Morgan fingerprint density at radius 1 is 1.08 bits per heavy atom. The number of likely N-dealkylation sites (N-methyl/N-ethyl adjacent to an activating group) is 1. The van der Waals surface area contributed by atoms with Crippen molar-refractivity contribution in [2.45, 2.75) is 43.6 Å². The predicted molar refractivity (Wildman–Crippen MR) is 96.0 cm³/mol. The first-order chi connectivity index (χ1) is 12.4. The van der Waals surface area contributed by atoms with Gasteiger partial charge in [0.25, 0.3) is 0 Å². The highest BCUT2D eigenvalue weighted by atomic mass is 16.2. The van der Waals surface area contributed by atoms with Crippen molar-refractivity contribution in [1.29, 1.82) is 0 Å². The largest absolute Gasteiger partial charge is 0.369 e. The van der Waals surface area contributed by atoms with Crippen LogP contribution in [0.15, 0.2) is 30.3 Å². The van der Waals surface area contributed by atoms with Gasteiger partial charge in [-0.15, -0.1) is 0 Å². The standard InChI is InChI=1S/C20H25N3O3/c1-22-16(24)15(14-5-3-2-4-6-14)13-19(22)9-11-23(12-10-19)18(26)20(7-8-20)17(21)25/h2-6,15H,7-13H2,1H3,(H2,21,25). The maximum Gasteiger partial charge on any atom is 0.238 e. The van der Waals surface area contributed by atoms with Crippen molar-refractivity contribution in [3.63, 3.8) is 0 Å². The topological polar surface area (TPSA) is 83.7 Å². The summed E-state index contributed by atoms with van der Waals surface area (Å²) >= 11 is 0. The van der Waals surface area contributed by atoms with Crippen LogP contribution in [0.3, 0.4) is 0 Å². The zero-order valence-electron chi connectivity index (χ0n) is 15.1. The highest BCUT2D eigenvalue weighted by Gasteiger charge is 2.58. The fraction of sp³-hybridized carbons (Fsp3) is 0.550. The number of benzene rings is 1. The molecule has 0 bridgehead atoms. The highest BCUT2D eigenvalue weighted by molar-refractivity contribution is 6.07. The summed E-state index contributed by atoms with van der Waals surface area (Å²) in [5.41, 5.74) is 5.35. The number of hydrogen-bond donors (Lipinski definition) is 1. The van der Waals surface area contributed by atoms with Crippen molar-refractivity contribution in [2.24, 2.45) is 11.1 Å². The molecular formula is C20H25N3O3. The Labute approximate surface area is 153 Å². The van der Waals surface area contributed by atoms with Crippen LogP contribution in [0, 0.1) is 5.41 Å². The lowest BCUT2D eigenvalue weighted by atomic mass is 9.81. The van der Waals surface area contributed by atoms with Crippen molar-refractivity contribution in [2.75, 3.05) is 20.1 Å². The van der Waals surface area contributed by atoms with Crippen molar-refractivity contribution in [3.05, 3.63) is 35.9 Å². The number of amides is 3. The van der Waals surface area contributed by atoms with Crippen LogP contribution in [0.4, 0.5) is 0 Å². The first kappa shape index (κ1) is 17.1. The molecule has 3 amide bonds. The minimum absolute atomic E-state index is 0.108. The van der Waals surface area contributed by atoms with Gasteiger partial charge in [-0.05, 0) is 37.7 Å². The zero-order valence-corrected chi connectivity index (χ0v) is 15.1. The van der Waals surface area contributed by atoms with E-state index in [2.05, 4.69) is 0 Å². The smallest absolute Gasteiger partial charge is 0.238 e. The average molecular weight is 355 g/mol. The predicted octanol–water partition coefficient (Wildman–Crippen LogP) is 1.26. The Morgan fingerprint density at radius 2 is 1.69 bits per heavy atom. The van der Waals surface area contributed by atoms with Crippen LogP contribution < -0.4 is 5.73 Å². The monoisotopic (exact) mass is 355 g/mol. The van der Waals surface area contributed by atoms with Gasteiger partial charge in [-0.25, -0.2) is 0 Å². The molecule has 4 rings (SSSR count). The summed E-state index contributed by atoms with van der Waals surface area (Å²) < 4.78 is 0. The zero-order chi connectivity index (χ0) is 18.5. The number of hydrogen-bond acceptors (Lipinski definition) is 3. The maximum absolute atomic E-state index is 12.8. The molecule has 1 aliphatic carbocycles. The number of nitrogens with two attached hydrogens (primary N) is 1. The second-order valence-corrected chi connectivity index (χ2v) is 8.03. The van der Waals surface area contributed by atoms with Gasteiger partial charge in [-0.1, -0.05) is 30.3 Å². The molecule has 6 heteroatoms. The van der Waals surface area contributed by atoms with Gasteiger partial charge in [0.05, 0.1) is 5.92 Å². The third-order valence-corrected chi connectivity index (χ3v) is 6.74. The second kappa shape index (κ2) is 5.83. The summed E-state index contributed by atoms with van der Waals surface area (Å²) in [6.45, 7) is 1.15. The Bertz CT molecular complexity index is 749. The molecule has 2 heterocycles. The minimum Gasteiger partial charge on any atom is -0.369 e. The van der Waals surface area contributed by atoms with Crippen molar-refractivity contribution in [1.82, 2.24) is 9.80 Å². The lowest BCUT2D eigenvalue weighted by Gasteiger charge is -2.44. The fourth-order valence-corrected chi connectivity index (χ4v) is 4.68. The van der Waals surface area contributed by atoms with Gasteiger partial charge in [0.2, 0.25) is 17.7 Å². The van der Waals surface area contributed by atoms with E-state index in [0.717, 1.165) is 24.8 Å². The molecule has 138 valence electrons. The van der Waals surface area contributed by atoms with Gasteiger partial charge in [-0.2, -0.15) is 0 Å². The van der Waals surface area contributed by atoms with Crippen LogP contribution in [0.25, 0.3) is 0 Å². The van der Waals surface area contributed by atoms with E-state index in [1.54, 1.807) is 4.90 Å². The molecule has 1 atom stereocenters. The molecule has 1 aromatic carbocycles.